The summed E-state index contributed by atoms with van der Waals surface area (Å²) in [4.78, 5) is 11.7. The van der Waals surface area contributed by atoms with Crippen molar-refractivity contribution in [3.8, 4) is 0 Å². The molecule has 2 rings (SSSR count). The van der Waals surface area contributed by atoms with E-state index in [1.165, 1.54) is 0 Å². The molecular weight excluding hydrogens is 260 g/mol. The van der Waals surface area contributed by atoms with Crippen molar-refractivity contribution in [2.75, 3.05) is 5.32 Å². The molecule has 1 aromatic heterocycles. The van der Waals surface area contributed by atoms with E-state index in [0.29, 0.717) is 23.6 Å². The third-order valence-electron chi connectivity index (χ3n) is 2.59. The second-order valence-electron chi connectivity index (χ2n) is 4.35. The second kappa shape index (κ2) is 6.72. The van der Waals surface area contributed by atoms with Crippen LogP contribution < -0.4 is 5.32 Å². The molecule has 6 nitrogen and oxygen atoms in total. The maximum atomic E-state index is 11.7. The molecule has 1 unspecified atom stereocenters. The molecule has 0 fully saturated rings. The van der Waals surface area contributed by atoms with Crippen molar-refractivity contribution in [2.45, 2.75) is 26.1 Å². The van der Waals surface area contributed by atoms with Crippen LogP contribution in [-0.2, 0) is 17.8 Å². The minimum atomic E-state index is -0.523. The van der Waals surface area contributed by atoms with E-state index in [2.05, 4.69) is 10.5 Å². The number of anilines is 1. The average Bonchev–Trinajstić information content (AvgIpc) is 2.87. The minimum absolute atomic E-state index is 0.173. The minimum Gasteiger partial charge on any atom is -0.446 e. The zero-order valence-corrected chi connectivity index (χ0v) is 11.1. The van der Waals surface area contributed by atoms with Crippen molar-refractivity contribution in [3.05, 3.63) is 47.9 Å². The fourth-order valence-electron chi connectivity index (χ4n) is 1.70. The number of para-hydroxylation sites is 1. The van der Waals surface area contributed by atoms with Crippen molar-refractivity contribution in [3.63, 3.8) is 0 Å². The van der Waals surface area contributed by atoms with Gasteiger partial charge in [-0.05, 0) is 19.1 Å². The van der Waals surface area contributed by atoms with Crippen molar-refractivity contribution in [1.82, 2.24) is 5.16 Å². The Hall–Kier alpha value is -2.34. The highest BCUT2D eigenvalue weighted by atomic mass is 16.6. The van der Waals surface area contributed by atoms with Gasteiger partial charge >= 0.3 is 6.09 Å². The lowest BCUT2D eigenvalue weighted by atomic mass is 10.2. The molecule has 0 aliphatic heterocycles. The lowest BCUT2D eigenvalue weighted by Crippen LogP contribution is -2.21. The van der Waals surface area contributed by atoms with E-state index in [0.717, 1.165) is 0 Å². The first kappa shape index (κ1) is 14.1. The van der Waals surface area contributed by atoms with Crippen LogP contribution in [0.5, 0.6) is 0 Å². The molecule has 0 saturated carbocycles. The lowest BCUT2D eigenvalue weighted by molar-refractivity contribution is 0.116. The van der Waals surface area contributed by atoms with Gasteiger partial charge in [0.2, 0.25) is 0 Å². The van der Waals surface area contributed by atoms with E-state index < -0.39 is 6.09 Å². The van der Waals surface area contributed by atoms with Crippen molar-refractivity contribution < 1.29 is 19.2 Å². The van der Waals surface area contributed by atoms with Gasteiger partial charge in [0.05, 0.1) is 6.61 Å². The molecule has 106 valence electrons. The average molecular weight is 276 g/mol. The second-order valence-corrected chi connectivity index (χ2v) is 4.35. The van der Waals surface area contributed by atoms with Crippen LogP contribution in [0, 0.1) is 0 Å². The summed E-state index contributed by atoms with van der Waals surface area (Å²) in [6.45, 7) is 1.58. The van der Waals surface area contributed by atoms with Crippen LogP contribution >= 0.6 is 0 Å². The van der Waals surface area contributed by atoms with Gasteiger partial charge < -0.3 is 14.4 Å². The SMILES string of the molecule is CC(Cc1cc(CO)no1)OC(=O)Nc1ccccc1. The van der Waals surface area contributed by atoms with Gasteiger partial charge in [-0.15, -0.1) is 0 Å². The lowest BCUT2D eigenvalue weighted by Gasteiger charge is -2.12. The molecule has 0 saturated heterocycles. The van der Waals surface area contributed by atoms with Crippen LogP contribution in [0.25, 0.3) is 0 Å². The molecule has 1 aromatic carbocycles. The normalized spacial score (nSPS) is 11.9. The molecule has 0 spiro atoms. The molecule has 1 atom stereocenters. The number of nitrogens with zero attached hydrogens (tertiary/aromatic N) is 1. The van der Waals surface area contributed by atoms with E-state index in [4.69, 9.17) is 14.4 Å². The van der Waals surface area contributed by atoms with E-state index in [9.17, 15) is 4.79 Å². The maximum Gasteiger partial charge on any atom is 0.411 e. The number of hydrogen-bond donors (Lipinski definition) is 2. The summed E-state index contributed by atoms with van der Waals surface area (Å²) in [5.41, 5.74) is 1.13. The van der Waals surface area contributed by atoms with Crippen LogP contribution in [0.15, 0.2) is 40.9 Å². The Bertz CT molecular complexity index is 553. The summed E-state index contributed by atoms with van der Waals surface area (Å²) >= 11 is 0. The highest BCUT2D eigenvalue weighted by Crippen LogP contribution is 2.10. The number of hydrogen-bond acceptors (Lipinski definition) is 5. The van der Waals surface area contributed by atoms with Crippen LogP contribution in [0.1, 0.15) is 18.4 Å². The zero-order valence-electron chi connectivity index (χ0n) is 11.1. The van der Waals surface area contributed by atoms with Crippen LogP contribution in [0.4, 0.5) is 10.5 Å². The topological polar surface area (TPSA) is 84.6 Å². The van der Waals surface area contributed by atoms with Gasteiger partial charge in [0.25, 0.3) is 0 Å². The number of aromatic nitrogens is 1. The third kappa shape index (κ3) is 4.10. The molecule has 2 N–H and O–H groups in total. The van der Waals surface area contributed by atoms with E-state index in [-0.39, 0.29) is 12.7 Å². The number of benzene rings is 1. The fraction of sp³-hybridized carbons (Fsp3) is 0.286. The molecular formula is C14H16N2O4. The highest BCUT2D eigenvalue weighted by Gasteiger charge is 2.13. The predicted octanol–water partition coefficient (Wildman–Crippen LogP) is 2.35. The summed E-state index contributed by atoms with van der Waals surface area (Å²) in [5.74, 6) is 0.564. The molecule has 1 amide bonds. The Morgan fingerprint density at radius 2 is 2.20 bits per heavy atom. The van der Waals surface area contributed by atoms with Crippen LogP contribution in [0.3, 0.4) is 0 Å². The largest absolute Gasteiger partial charge is 0.446 e. The Balaban J connectivity index is 1.81. The summed E-state index contributed by atoms with van der Waals surface area (Å²) < 4.78 is 10.2. The monoisotopic (exact) mass is 276 g/mol. The van der Waals surface area contributed by atoms with Gasteiger partial charge in [-0.25, -0.2) is 4.79 Å². The third-order valence-corrected chi connectivity index (χ3v) is 2.59. The van der Waals surface area contributed by atoms with E-state index >= 15 is 0 Å². The first-order chi connectivity index (χ1) is 9.67. The molecule has 0 aliphatic rings. The quantitative estimate of drug-likeness (QED) is 0.875. The number of ether oxygens (including phenoxy) is 1. The Kier molecular flexibility index (Phi) is 4.73. The maximum absolute atomic E-state index is 11.7. The predicted molar refractivity (Wildman–Crippen MR) is 72.1 cm³/mol. The highest BCUT2D eigenvalue weighted by molar-refractivity contribution is 5.84. The summed E-state index contributed by atoms with van der Waals surface area (Å²) in [6, 6.07) is 10.7. The number of amides is 1. The van der Waals surface area contributed by atoms with Crippen molar-refractivity contribution in [2.24, 2.45) is 0 Å². The van der Waals surface area contributed by atoms with E-state index in [1.807, 2.05) is 18.2 Å². The first-order valence-electron chi connectivity index (χ1n) is 6.25. The van der Waals surface area contributed by atoms with Gasteiger partial charge in [0, 0.05) is 18.2 Å². The van der Waals surface area contributed by atoms with Gasteiger partial charge in [-0.1, -0.05) is 23.4 Å². The molecule has 0 radical (unpaired) electrons. The van der Waals surface area contributed by atoms with E-state index in [1.54, 1.807) is 25.1 Å². The Morgan fingerprint density at radius 3 is 2.85 bits per heavy atom. The molecule has 1 heterocycles. The number of carbonyl (C=O) groups is 1. The Morgan fingerprint density at radius 1 is 1.45 bits per heavy atom. The molecule has 2 aromatic rings. The molecule has 0 bridgehead atoms. The number of rotatable bonds is 5. The molecule has 20 heavy (non-hydrogen) atoms. The Labute approximate surface area is 116 Å². The summed E-state index contributed by atoms with van der Waals surface area (Å²) in [6.07, 6.45) is -0.487. The van der Waals surface area contributed by atoms with Crippen LogP contribution in [0.2, 0.25) is 0 Å². The van der Waals surface area contributed by atoms with Gasteiger partial charge in [0.1, 0.15) is 17.6 Å². The number of aliphatic hydroxyl groups excluding tert-OH is 1. The number of carbonyl (C=O) groups excluding carboxylic acids is 1. The van der Waals surface area contributed by atoms with Crippen LogP contribution in [-0.4, -0.2) is 22.5 Å². The molecule has 6 heteroatoms. The first-order valence-corrected chi connectivity index (χ1v) is 6.25. The number of aliphatic hydroxyl groups is 1. The smallest absolute Gasteiger partial charge is 0.411 e. The van der Waals surface area contributed by atoms with Gasteiger partial charge in [-0.2, -0.15) is 0 Å². The summed E-state index contributed by atoms with van der Waals surface area (Å²) in [7, 11) is 0. The fourth-order valence-corrected chi connectivity index (χ4v) is 1.70. The number of nitrogens with one attached hydrogen (secondary N) is 1. The molecule has 0 aliphatic carbocycles. The zero-order chi connectivity index (χ0) is 14.4. The summed E-state index contributed by atoms with van der Waals surface area (Å²) in [5, 5.41) is 15.2. The van der Waals surface area contributed by atoms with Gasteiger partial charge in [-0.3, -0.25) is 5.32 Å². The van der Waals surface area contributed by atoms with Crippen molar-refractivity contribution >= 4 is 11.8 Å². The van der Waals surface area contributed by atoms with Crippen molar-refractivity contribution in [1.29, 1.82) is 0 Å². The van der Waals surface area contributed by atoms with Gasteiger partial charge in [0.15, 0.2) is 0 Å². The standard InChI is InChI=1S/C14H16N2O4/c1-10(7-13-8-12(9-17)16-20-13)19-14(18)15-11-5-3-2-4-6-11/h2-6,8,10,17H,7,9H2,1H3,(H,15,18).